The van der Waals surface area contributed by atoms with E-state index in [0.717, 1.165) is 18.4 Å². The number of carboxylic acid groups (broad SMARTS) is 1. The number of anilines is 1. The molecule has 1 heterocycles. The summed E-state index contributed by atoms with van der Waals surface area (Å²) in [6, 6.07) is 2.04. The van der Waals surface area contributed by atoms with E-state index in [4.69, 9.17) is 5.11 Å². The van der Waals surface area contributed by atoms with E-state index in [9.17, 15) is 27.2 Å². The lowest BCUT2D eigenvalue weighted by molar-refractivity contribution is -0.137. The standard InChI is InChI=1S/C14H10F4N2O4S/c15-9-2-7(1-8(3-9)14(16,17)18)5-19-13(23)20(25)10-4-11(12(21)22)24-6-10/h1-4,6,25H,5H2,(H,19,23)(H,21,22). The van der Waals surface area contributed by atoms with Crippen LogP contribution in [0, 0.1) is 5.82 Å². The lowest BCUT2D eigenvalue weighted by Crippen LogP contribution is -2.33. The molecular weight excluding hydrogens is 368 g/mol. The number of carbonyl (C=O) groups is 2. The number of aromatic carboxylic acids is 1. The van der Waals surface area contributed by atoms with E-state index in [2.05, 4.69) is 22.5 Å². The molecule has 25 heavy (non-hydrogen) atoms. The summed E-state index contributed by atoms with van der Waals surface area (Å²) in [5, 5.41) is 11.0. The van der Waals surface area contributed by atoms with Gasteiger partial charge in [-0.15, -0.1) is 0 Å². The van der Waals surface area contributed by atoms with Crippen molar-refractivity contribution in [2.24, 2.45) is 0 Å². The number of furan rings is 1. The average Bonchev–Trinajstić information content (AvgIpc) is 3.00. The fourth-order valence-corrected chi connectivity index (χ4v) is 2.01. The first-order valence-electron chi connectivity index (χ1n) is 6.53. The minimum Gasteiger partial charge on any atom is -0.475 e. The van der Waals surface area contributed by atoms with Crippen LogP contribution in [-0.4, -0.2) is 17.1 Å². The monoisotopic (exact) mass is 378 g/mol. The van der Waals surface area contributed by atoms with Gasteiger partial charge in [-0.1, -0.05) is 12.8 Å². The molecule has 0 aliphatic heterocycles. The molecule has 2 aromatic rings. The van der Waals surface area contributed by atoms with Gasteiger partial charge in [0.15, 0.2) is 0 Å². The summed E-state index contributed by atoms with van der Waals surface area (Å²) in [7, 11) is 0. The Bertz CT molecular complexity index is 806. The molecule has 2 rings (SSSR count). The summed E-state index contributed by atoms with van der Waals surface area (Å²) in [6.07, 6.45) is -3.76. The number of carbonyl (C=O) groups excluding carboxylic acids is 1. The number of alkyl halides is 3. The summed E-state index contributed by atoms with van der Waals surface area (Å²) in [5.41, 5.74) is -1.30. The minimum atomic E-state index is -4.72. The fraction of sp³-hybridized carbons (Fsp3) is 0.143. The van der Waals surface area contributed by atoms with Crippen LogP contribution < -0.4 is 9.62 Å². The summed E-state index contributed by atoms with van der Waals surface area (Å²) < 4.78 is 56.5. The molecule has 1 aromatic carbocycles. The first-order valence-corrected chi connectivity index (χ1v) is 6.93. The molecular formula is C14H10F4N2O4S. The van der Waals surface area contributed by atoms with Crippen LogP contribution in [-0.2, 0) is 12.7 Å². The number of nitrogens with zero attached hydrogens (tertiary/aromatic N) is 1. The smallest absolute Gasteiger partial charge is 0.416 e. The van der Waals surface area contributed by atoms with Gasteiger partial charge in [0, 0.05) is 12.6 Å². The average molecular weight is 378 g/mol. The molecule has 0 unspecified atom stereocenters. The van der Waals surface area contributed by atoms with Gasteiger partial charge in [-0.25, -0.2) is 18.3 Å². The third-order valence-corrected chi connectivity index (χ3v) is 3.37. The highest BCUT2D eigenvalue weighted by molar-refractivity contribution is 7.82. The van der Waals surface area contributed by atoms with Crippen LogP contribution in [0.1, 0.15) is 21.7 Å². The molecule has 0 saturated heterocycles. The molecule has 0 aliphatic rings. The van der Waals surface area contributed by atoms with Gasteiger partial charge in [0.25, 0.3) is 0 Å². The van der Waals surface area contributed by atoms with Crippen molar-refractivity contribution in [1.29, 1.82) is 0 Å². The van der Waals surface area contributed by atoms with Crippen LogP contribution in [0.2, 0.25) is 0 Å². The maximum Gasteiger partial charge on any atom is 0.416 e. The highest BCUT2D eigenvalue weighted by atomic mass is 32.1. The van der Waals surface area contributed by atoms with Crippen molar-refractivity contribution in [2.75, 3.05) is 4.31 Å². The normalized spacial score (nSPS) is 11.2. The van der Waals surface area contributed by atoms with Gasteiger partial charge in [0.05, 0.1) is 11.3 Å². The van der Waals surface area contributed by atoms with E-state index < -0.39 is 41.9 Å². The van der Waals surface area contributed by atoms with Crippen molar-refractivity contribution in [3.63, 3.8) is 0 Å². The van der Waals surface area contributed by atoms with E-state index >= 15 is 0 Å². The molecule has 11 heteroatoms. The minimum absolute atomic E-state index is 0.00606. The summed E-state index contributed by atoms with van der Waals surface area (Å²) in [4.78, 5) is 22.6. The van der Waals surface area contributed by atoms with Crippen molar-refractivity contribution in [2.45, 2.75) is 12.7 Å². The van der Waals surface area contributed by atoms with Crippen molar-refractivity contribution in [3.8, 4) is 0 Å². The second kappa shape index (κ2) is 7.05. The molecule has 6 nitrogen and oxygen atoms in total. The van der Waals surface area contributed by atoms with Crippen LogP contribution in [0.25, 0.3) is 0 Å². The van der Waals surface area contributed by atoms with Gasteiger partial charge >= 0.3 is 18.2 Å². The maximum absolute atomic E-state index is 13.3. The van der Waals surface area contributed by atoms with Crippen molar-refractivity contribution >= 4 is 30.5 Å². The lowest BCUT2D eigenvalue weighted by Gasteiger charge is -2.15. The van der Waals surface area contributed by atoms with Crippen LogP contribution in [0.15, 0.2) is 34.9 Å². The fourth-order valence-electron chi connectivity index (χ4n) is 1.84. The Kier molecular flexibility index (Phi) is 5.26. The van der Waals surface area contributed by atoms with E-state index in [0.29, 0.717) is 16.4 Å². The first kappa shape index (κ1) is 18.6. The Morgan fingerprint density at radius 3 is 2.48 bits per heavy atom. The molecule has 0 spiro atoms. The molecule has 0 bridgehead atoms. The number of hydrogen-bond acceptors (Lipinski definition) is 4. The number of hydrogen-bond donors (Lipinski definition) is 3. The second-order valence-corrected chi connectivity index (χ2v) is 5.19. The number of urea groups is 1. The van der Waals surface area contributed by atoms with E-state index in [1.165, 1.54) is 0 Å². The van der Waals surface area contributed by atoms with E-state index in [1.807, 2.05) is 0 Å². The van der Waals surface area contributed by atoms with Crippen molar-refractivity contribution in [3.05, 3.63) is 53.2 Å². The summed E-state index contributed by atoms with van der Waals surface area (Å²) >= 11 is 3.84. The third-order valence-electron chi connectivity index (χ3n) is 2.96. The third kappa shape index (κ3) is 4.66. The highest BCUT2D eigenvalue weighted by Gasteiger charge is 2.31. The number of rotatable bonds is 4. The predicted molar refractivity (Wildman–Crippen MR) is 80.8 cm³/mol. The molecule has 0 radical (unpaired) electrons. The zero-order valence-electron chi connectivity index (χ0n) is 12.2. The van der Waals surface area contributed by atoms with Gasteiger partial charge in [-0.05, 0) is 23.8 Å². The Balaban J connectivity index is 2.06. The SMILES string of the molecule is O=C(O)c1cc(N(S)C(=O)NCc2cc(F)cc(C(F)(F)F)c2)co1. The zero-order valence-corrected chi connectivity index (χ0v) is 13.1. The maximum atomic E-state index is 13.3. The second-order valence-electron chi connectivity index (χ2n) is 4.79. The molecule has 0 atom stereocenters. The predicted octanol–water partition coefficient (Wildman–Crippen LogP) is 3.70. The molecule has 134 valence electrons. The molecule has 2 N–H and O–H groups in total. The Morgan fingerprint density at radius 2 is 1.92 bits per heavy atom. The lowest BCUT2D eigenvalue weighted by atomic mass is 10.1. The van der Waals surface area contributed by atoms with Crippen molar-refractivity contribution in [1.82, 2.24) is 5.32 Å². The first-order chi connectivity index (χ1) is 11.6. The number of benzene rings is 1. The molecule has 0 fully saturated rings. The van der Waals surface area contributed by atoms with Crippen LogP contribution in [0.5, 0.6) is 0 Å². The quantitative estimate of drug-likeness (QED) is 0.560. The van der Waals surface area contributed by atoms with Gasteiger partial charge < -0.3 is 14.8 Å². The number of halogens is 4. The van der Waals surface area contributed by atoms with Crippen LogP contribution in [0.4, 0.5) is 28.0 Å². The molecule has 1 aromatic heterocycles. The summed E-state index contributed by atoms with van der Waals surface area (Å²) in [6.45, 7) is -0.402. The van der Waals surface area contributed by atoms with Crippen molar-refractivity contribution < 1.29 is 36.7 Å². The Labute approximate surface area is 143 Å². The topological polar surface area (TPSA) is 82.8 Å². The summed E-state index contributed by atoms with van der Waals surface area (Å²) in [5.74, 6) is -2.88. The number of nitrogens with one attached hydrogen (secondary N) is 1. The van der Waals surface area contributed by atoms with Gasteiger partial charge in [-0.3, -0.25) is 0 Å². The molecule has 0 saturated carbocycles. The Hall–Kier alpha value is -2.69. The van der Waals surface area contributed by atoms with Gasteiger partial charge in [-0.2, -0.15) is 13.2 Å². The number of carboxylic acids is 1. The molecule has 2 amide bonds. The zero-order chi connectivity index (χ0) is 18.8. The van der Waals surface area contributed by atoms with Gasteiger partial charge in [0.1, 0.15) is 12.1 Å². The van der Waals surface area contributed by atoms with Crippen LogP contribution >= 0.6 is 12.8 Å². The van der Waals surface area contributed by atoms with E-state index in [1.54, 1.807) is 0 Å². The van der Waals surface area contributed by atoms with Gasteiger partial charge in [0.2, 0.25) is 5.76 Å². The number of thiol groups is 1. The number of amides is 2. The van der Waals surface area contributed by atoms with E-state index in [-0.39, 0.29) is 11.3 Å². The largest absolute Gasteiger partial charge is 0.475 e. The van der Waals surface area contributed by atoms with Crippen LogP contribution in [0.3, 0.4) is 0 Å². The molecule has 0 aliphatic carbocycles. The Morgan fingerprint density at radius 1 is 1.24 bits per heavy atom. The highest BCUT2D eigenvalue weighted by Crippen LogP contribution is 2.30.